The van der Waals surface area contributed by atoms with Gasteiger partial charge in [-0.25, -0.2) is 4.98 Å². The van der Waals surface area contributed by atoms with Crippen LogP contribution in [0.25, 0.3) is 10.9 Å². The molecular formula is C27H27N5O3. The van der Waals surface area contributed by atoms with Crippen LogP contribution in [-0.4, -0.2) is 40.3 Å². The summed E-state index contributed by atoms with van der Waals surface area (Å²) in [6.07, 6.45) is 0. The molecule has 0 saturated carbocycles. The smallest absolute Gasteiger partial charge is 0.258 e. The number of hydrogen-bond acceptors (Lipinski definition) is 5. The number of carbonyl (C=O) groups is 2. The highest BCUT2D eigenvalue weighted by Gasteiger charge is 2.17. The molecule has 2 amide bonds. The molecule has 3 N–H and O–H groups in total. The molecular weight excluding hydrogens is 442 g/mol. The maximum atomic E-state index is 12.9. The van der Waals surface area contributed by atoms with E-state index in [-0.39, 0.29) is 36.5 Å². The number of fused-ring (bicyclic) bond motifs is 1. The van der Waals surface area contributed by atoms with Crippen LogP contribution in [-0.2, 0) is 11.3 Å². The Morgan fingerprint density at radius 2 is 1.66 bits per heavy atom. The maximum Gasteiger partial charge on any atom is 0.258 e. The fourth-order valence-corrected chi connectivity index (χ4v) is 3.85. The average Bonchev–Trinajstić information content (AvgIpc) is 2.84. The van der Waals surface area contributed by atoms with Gasteiger partial charge in [0.15, 0.2) is 0 Å². The number of rotatable bonds is 8. The quantitative estimate of drug-likeness (QED) is 0.366. The number of aromatic nitrogens is 2. The van der Waals surface area contributed by atoms with Crippen molar-refractivity contribution in [2.75, 3.05) is 18.9 Å². The van der Waals surface area contributed by atoms with Gasteiger partial charge in [0.2, 0.25) is 5.91 Å². The highest BCUT2D eigenvalue weighted by atomic mass is 16.2. The summed E-state index contributed by atoms with van der Waals surface area (Å²) >= 11 is 0. The monoisotopic (exact) mass is 469 g/mol. The van der Waals surface area contributed by atoms with Crippen LogP contribution in [0.1, 0.15) is 34.7 Å². The van der Waals surface area contributed by atoms with Crippen LogP contribution in [0.5, 0.6) is 0 Å². The second-order valence-electron chi connectivity index (χ2n) is 8.40. The van der Waals surface area contributed by atoms with E-state index in [0.29, 0.717) is 28.0 Å². The maximum absolute atomic E-state index is 12.9. The summed E-state index contributed by atoms with van der Waals surface area (Å²) in [7, 11) is 1.76. The third kappa shape index (κ3) is 5.99. The molecule has 1 unspecified atom stereocenters. The zero-order valence-electron chi connectivity index (χ0n) is 19.6. The van der Waals surface area contributed by atoms with E-state index in [2.05, 4.69) is 20.6 Å². The molecule has 1 atom stereocenters. The number of carbonyl (C=O) groups excluding carboxylic acids is 2. The minimum atomic E-state index is -0.285. The van der Waals surface area contributed by atoms with E-state index in [1.807, 2.05) is 43.3 Å². The summed E-state index contributed by atoms with van der Waals surface area (Å²) in [4.78, 5) is 46.9. The topological polar surface area (TPSA) is 107 Å². The molecule has 3 aromatic carbocycles. The number of benzene rings is 3. The van der Waals surface area contributed by atoms with Crippen LogP contribution in [0.4, 0.5) is 5.69 Å². The Kier molecular flexibility index (Phi) is 7.32. The fraction of sp³-hybridized carbons (Fsp3) is 0.185. The zero-order chi connectivity index (χ0) is 24.8. The molecule has 35 heavy (non-hydrogen) atoms. The van der Waals surface area contributed by atoms with Gasteiger partial charge in [0.25, 0.3) is 11.5 Å². The summed E-state index contributed by atoms with van der Waals surface area (Å²) in [5.74, 6) is -0.0887. The lowest BCUT2D eigenvalue weighted by Crippen LogP contribution is -2.32. The molecule has 1 heterocycles. The van der Waals surface area contributed by atoms with Crippen molar-refractivity contribution in [2.24, 2.45) is 0 Å². The van der Waals surface area contributed by atoms with Crippen LogP contribution in [0.2, 0.25) is 0 Å². The fourth-order valence-electron chi connectivity index (χ4n) is 3.85. The Bertz CT molecular complexity index is 1400. The van der Waals surface area contributed by atoms with Gasteiger partial charge in [-0.15, -0.1) is 0 Å². The van der Waals surface area contributed by atoms with Gasteiger partial charge < -0.3 is 15.6 Å². The average molecular weight is 470 g/mol. The van der Waals surface area contributed by atoms with Crippen molar-refractivity contribution in [3.05, 3.63) is 106 Å². The van der Waals surface area contributed by atoms with Gasteiger partial charge in [0, 0.05) is 0 Å². The number of likely N-dealkylation sites (N-methyl/N-ethyl adjacent to an activating group) is 1. The second-order valence-corrected chi connectivity index (χ2v) is 8.40. The standard InChI is InChI=1S/C27H27N5O3/c1-18(19-10-4-3-5-11-19)28-26(34)21-13-7-9-15-23(21)30-25(33)17-32(2)16-24-29-22-14-8-6-12-20(22)27(35)31-24/h3-15,18H,16-17H2,1-2H3,(H,28,34)(H,30,33)(H,29,31,35). The van der Waals surface area contributed by atoms with Gasteiger partial charge in [-0.1, -0.05) is 54.6 Å². The van der Waals surface area contributed by atoms with Crippen molar-refractivity contribution in [1.82, 2.24) is 20.2 Å². The highest BCUT2D eigenvalue weighted by molar-refractivity contribution is 6.04. The SMILES string of the molecule is CC(NC(=O)c1ccccc1NC(=O)CN(C)Cc1nc2ccccc2c(=O)[nH]1)c1ccccc1. The van der Waals surface area contributed by atoms with Crippen LogP contribution >= 0.6 is 0 Å². The van der Waals surface area contributed by atoms with Crippen molar-refractivity contribution in [1.29, 1.82) is 0 Å². The summed E-state index contributed by atoms with van der Waals surface area (Å²) in [6, 6.07) is 23.5. The number of para-hydroxylation sites is 2. The Morgan fingerprint density at radius 1 is 0.971 bits per heavy atom. The number of H-pyrrole nitrogens is 1. The summed E-state index contributed by atoms with van der Waals surface area (Å²) < 4.78 is 0. The first-order valence-electron chi connectivity index (χ1n) is 11.3. The number of hydrogen-bond donors (Lipinski definition) is 3. The molecule has 0 radical (unpaired) electrons. The zero-order valence-corrected chi connectivity index (χ0v) is 19.6. The summed E-state index contributed by atoms with van der Waals surface area (Å²) in [6.45, 7) is 2.24. The predicted octanol–water partition coefficient (Wildman–Crippen LogP) is 3.48. The van der Waals surface area contributed by atoms with Crippen molar-refractivity contribution in [3.63, 3.8) is 0 Å². The molecule has 0 aliphatic heterocycles. The van der Waals surface area contributed by atoms with E-state index in [9.17, 15) is 14.4 Å². The van der Waals surface area contributed by atoms with Crippen molar-refractivity contribution in [3.8, 4) is 0 Å². The molecule has 0 aliphatic carbocycles. The molecule has 8 heteroatoms. The van der Waals surface area contributed by atoms with Crippen LogP contribution < -0.4 is 16.2 Å². The minimum absolute atomic E-state index is 0.0485. The molecule has 0 aliphatic rings. The highest BCUT2D eigenvalue weighted by Crippen LogP contribution is 2.18. The van der Waals surface area contributed by atoms with E-state index in [1.165, 1.54) is 0 Å². The van der Waals surface area contributed by atoms with Gasteiger partial charge >= 0.3 is 0 Å². The van der Waals surface area contributed by atoms with Gasteiger partial charge in [-0.05, 0) is 43.8 Å². The van der Waals surface area contributed by atoms with Crippen molar-refractivity contribution < 1.29 is 9.59 Å². The third-order valence-electron chi connectivity index (χ3n) is 5.59. The first-order chi connectivity index (χ1) is 16.9. The lowest BCUT2D eigenvalue weighted by molar-refractivity contribution is -0.117. The molecule has 0 saturated heterocycles. The Morgan fingerprint density at radius 3 is 2.46 bits per heavy atom. The number of anilines is 1. The normalized spacial score (nSPS) is 11.9. The first kappa shape index (κ1) is 23.8. The predicted molar refractivity (Wildman–Crippen MR) is 136 cm³/mol. The third-order valence-corrected chi connectivity index (χ3v) is 5.59. The molecule has 8 nitrogen and oxygen atoms in total. The van der Waals surface area contributed by atoms with E-state index >= 15 is 0 Å². The number of aromatic amines is 1. The van der Waals surface area contributed by atoms with Crippen LogP contribution in [0, 0.1) is 0 Å². The minimum Gasteiger partial charge on any atom is -0.345 e. The lowest BCUT2D eigenvalue weighted by Gasteiger charge is -2.18. The van der Waals surface area contributed by atoms with Gasteiger partial charge in [-0.2, -0.15) is 0 Å². The van der Waals surface area contributed by atoms with E-state index in [4.69, 9.17) is 0 Å². The van der Waals surface area contributed by atoms with E-state index in [1.54, 1.807) is 54.4 Å². The number of amides is 2. The van der Waals surface area contributed by atoms with Gasteiger partial charge in [-0.3, -0.25) is 19.3 Å². The lowest BCUT2D eigenvalue weighted by atomic mass is 10.1. The molecule has 178 valence electrons. The van der Waals surface area contributed by atoms with Crippen molar-refractivity contribution in [2.45, 2.75) is 19.5 Å². The molecule has 0 spiro atoms. The molecule has 0 fully saturated rings. The largest absolute Gasteiger partial charge is 0.345 e. The Hall–Kier alpha value is -4.30. The molecule has 1 aromatic heterocycles. The summed E-state index contributed by atoms with van der Waals surface area (Å²) in [5.41, 5.74) is 2.19. The van der Waals surface area contributed by atoms with Gasteiger partial charge in [0.1, 0.15) is 5.82 Å². The van der Waals surface area contributed by atoms with Crippen LogP contribution in [0.3, 0.4) is 0 Å². The van der Waals surface area contributed by atoms with E-state index in [0.717, 1.165) is 5.56 Å². The Balaban J connectivity index is 1.39. The molecule has 4 rings (SSSR count). The van der Waals surface area contributed by atoms with E-state index < -0.39 is 0 Å². The Labute approximate surface area is 203 Å². The van der Waals surface area contributed by atoms with Crippen molar-refractivity contribution >= 4 is 28.4 Å². The number of nitrogens with one attached hydrogen (secondary N) is 3. The molecule has 0 bridgehead atoms. The second kappa shape index (κ2) is 10.8. The van der Waals surface area contributed by atoms with Crippen LogP contribution in [0.15, 0.2) is 83.7 Å². The molecule has 4 aromatic rings. The first-order valence-corrected chi connectivity index (χ1v) is 11.3. The number of nitrogens with zero attached hydrogens (tertiary/aromatic N) is 2. The van der Waals surface area contributed by atoms with Gasteiger partial charge in [0.05, 0.1) is 41.3 Å². The summed E-state index contributed by atoms with van der Waals surface area (Å²) in [5, 5.41) is 6.33.